The van der Waals surface area contributed by atoms with Gasteiger partial charge in [0, 0.05) is 19.8 Å². The highest BCUT2D eigenvalue weighted by Crippen LogP contribution is 2.01. The molecular formula is C13H28N2O2. The molecule has 4 heteroatoms. The van der Waals surface area contributed by atoms with Gasteiger partial charge < -0.3 is 15.4 Å². The number of rotatable bonds is 9. The maximum atomic E-state index is 11.8. The molecule has 0 radical (unpaired) electrons. The van der Waals surface area contributed by atoms with Gasteiger partial charge in [-0.25, -0.2) is 0 Å². The van der Waals surface area contributed by atoms with E-state index in [1.807, 2.05) is 20.8 Å². The number of amides is 1. The van der Waals surface area contributed by atoms with E-state index in [0.717, 1.165) is 19.6 Å². The standard InChI is InChI=1S/C13H28N2O2/c1-6-15-13(4,5)12(16)14-8-7-9-17-10-11(2)3/h11,15H,6-10H2,1-5H3,(H,14,16). The molecule has 0 heterocycles. The Labute approximate surface area is 105 Å². The molecule has 0 atom stereocenters. The molecule has 0 rings (SSSR count). The van der Waals surface area contributed by atoms with Crippen molar-refractivity contribution in [2.24, 2.45) is 5.92 Å². The van der Waals surface area contributed by atoms with Crippen LogP contribution >= 0.6 is 0 Å². The molecule has 0 saturated carbocycles. The van der Waals surface area contributed by atoms with E-state index >= 15 is 0 Å². The van der Waals surface area contributed by atoms with Gasteiger partial charge in [0.25, 0.3) is 0 Å². The minimum absolute atomic E-state index is 0.0446. The van der Waals surface area contributed by atoms with Crippen LogP contribution in [0.2, 0.25) is 0 Å². The topological polar surface area (TPSA) is 50.4 Å². The molecule has 4 nitrogen and oxygen atoms in total. The number of carbonyl (C=O) groups excluding carboxylic acids is 1. The van der Waals surface area contributed by atoms with Gasteiger partial charge in [0.05, 0.1) is 5.54 Å². The summed E-state index contributed by atoms with van der Waals surface area (Å²) in [4.78, 5) is 11.8. The van der Waals surface area contributed by atoms with Crippen LogP contribution in [0, 0.1) is 5.92 Å². The van der Waals surface area contributed by atoms with E-state index in [9.17, 15) is 4.79 Å². The summed E-state index contributed by atoms with van der Waals surface area (Å²) in [6.45, 7) is 13.0. The lowest BCUT2D eigenvalue weighted by atomic mass is 10.0. The van der Waals surface area contributed by atoms with Crippen LogP contribution in [-0.4, -0.2) is 37.7 Å². The van der Waals surface area contributed by atoms with Crippen molar-refractivity contribution < 1.29 is 9.53 Å². The maximum Gasteiger partial charge on any atom is 0.239 e. The Morgan fingerprint density at radius 1 is 1.35 bits per heavy atom. The van der Waals surface area contributed by atoms with Crippen LogP contribution in [0.4, 0.5) is 0 Å². The molecule has 0 aromatic rings. The Balaban J connectivity index is 3.58. The van der Waals surface area contributed by atoms with Gasteiger partial charge in [-0.1, -0.05) is 20.8 Å². The van der Waals surface area contributed by atoms with E-state index in [0.29, 0.717) is 19.1 Å². The third-order valence-electron chi connectivity index (χ3n) is 2.39. The molecule has 0 aromatic heterocycles. The molecular weight excluding hydrogens is 216 g/mol. The van der Waals surface area contributed by atoms with Crippen LogP contribution in [0.25, 0.3) is 0 Å². The Morgan fingerprint density at radius 3 is 2.53 bits per heavy atom. The fraction of sp³-hybridized carbons (Fsp3) is 0.923. The van der Waals surface area contributed by atoms with Gasteiger partial charge in [-0.05, 0) is 32.7 Å². The van der Waals surface area contributed by atoms with E-state index in [4.69, 9.17) is 4.74 Å². The molecule has 0 fully saturated rings. The summed E-state index contributed by atoms with van der Waals surface area (Å²) in [7, 11) is 0. The molecule has 0 bridgehead atoms. The van der Waals surface area contributed by atoms with E-state index in [1.165, 1.54) is 0 Å². The fourth-order valence-electron chi connectivity index (χ4n) is 1.44. The van der Waals surface area contributed by atoms with Gasteiger partial charge in [0.2, 0.25) is 5.91 Å². The number of hydrogen-bond donors (Lipinski definition) is 2. The van der Waals surface area contributed by atoms with Crippen molar-refractivity contribution in [2.75, 3.05) is 26.3 Å². The second kappa shape index (κ2) is 8.48. The summed E-state index contributed by atoms with van der Waals surface area (Å²) in [5.41, 5.74) is -0.493. The predicted octanol–water partition coefficient (Wildman–Crippen LogP) is 1.55. The lowest BCUT2D eigenvalue weighted by molar-refractivity contribution is -0.126. The largest absolute Gasteiger partial charge is 0.381 e. The molecule has 0 spiro atoms. The average molecular weight is 244 g/mol. The van der Waals surface area contributed by atoms with Gasteiger partial charge in [0.15, 0.2) is 0 Å². The molecule has 0 unspecified atom stereocenters. The van der Waals surface area contributed by atoms with Crippen LogP contribution in [0.1, 0.15) is 41.0 Å². The van der Waals surface area contributed by atoms with Crippen LogP contribution in [0.3, 0.4) is 0 Å². The van der Waals surface area contributed by atoms with Crippen molar-refractivity contribution >= 4 is 5.91 Å². The van der Waals surface area contributed by atoms with E-state index in [2.05, 4.69) is 24.5 Å². The molecule has 0 aliphatic rings. The van der Waals surface area contributed by atoms with Gasteiger partial charge in [0.1, 0.15) is 0 Å². The molecule has 2 N–H and O–H groups in total. The van der Waals surface area contributed by atoms with Gasteiger partial charge >= 0.3 is 0 Å². The first-order valence-corrected chi connectivity index (χ1v) is 6.51. The zero-order valence-corrected chi connectivity index (χ0v) is 11.9. The van der Waals surface area contributed by atoms with Crippen molar-refractivity contribution in [3.05, 3.63) is 0 Å². The van der Waals surface area contributed by atoms with Crippen LogP contribution in [0.15, 0.2) is 0 Å². The number of nitrogens with one attached hydrogen (secondary N) is 2. The smallest absolute Gasteiger partial charge is 0.239 e. The van der Waals surface area contributed by atoms with Crippen molar-refractivity contribution in [2.45, 2.75) is 46.6 Å². The first kappa shape index (κ1) is 16.4. The lowest BCUT2D eigenvalue weighted by Gasteiger charge is -2.24. The second-order valence-corrected chi connectivity index (χ2v) is 5.23. The summed E-state index contributed by atoms with van der Waals surface area (Å²) < 4.78 is 5.44. The predicted molar refractivity (Wildman–Crippen MR) is 71.0 cm³/mol. The van der Waals surface area contributed by atoms with Crippen molar-refractivity contribution in [1.82, 2.24) is 10.6 Å². The van der Waals surface area contributed by atoms with E-state index in [1.54, 1.807) is 0 Å². The Kier molecular flexibility index (Phi) is 8.17. The normalized spacial score (nSPS) is 11.9. The molecule has 102 valence electrons. The number of carbonyl (C=O) groups is 1. The Bertz CT molecular complexity index is 215. The lowest BCUT2D eigenvalue weighted by Crippen LogP contribution is -2.52. The van der Waals surface area contributed by atoms with Crippen LogP contribution in [0.5, 0.6) is 0 Å². The molecule has 17 heavy (non-hydrogen) atoms. The molecule has 0 saturated heterocycles. The van der Waals surface area contributed by atoms with Crippen molar-refractivity contribution in [1.29, 1.82) is 0 Å². The fourth-order valence-corrected chi connectivity index (χ4v) is 1.44. The first-order valence-electron chi connectivity index (χ1n) is 6.51. The third-order valence-corrected chi connectivity index (χ3v) is 2.39. The highest BCUT2D eigenvalue weighted by molar-refractivity contribution is 5.85. The quantitative estimate of drug-likeness (QED) is 0.605. The number of hydrogen-bond acceptors (Lipinski definition) is 3. The summed E-state index contributed by atoms with van der Waals surface area (Å²) in [5.74, 6) is 0.612. The van der Waals surface area contributed by atoms with E-state index in [-0.39, 0.29) is 5.91 Å². The zero-order chi connectivity index (χ0) is 13.3. The molecule has 1 amide bonds. The van der Waals surface area contributed by atoms with Gasteiger partial charge in [-0.15, -0.1) is 0 Å². The first-order chi connectivity index (χ1) is 7.90. The molecule has 0 aliphatic carbocycles. The van der Waals surface area contributed by atoms with Crippen molar-refractivity contribution in [3.63, 3.8) is 0 Å². The van der Waals surface area contributed by atoms with Gasteiger partial charge in [-0.3, -0.25) is 4.79 Å². The number of ether oxygens (including phenoxy) is 1. The minimum Gasteiger partial charge on any atom is -0.381 e. The highest BCUT2D eigenvalue weighted by atomic mass is 16.5. The number of likely N-dealkylation sites (N-methyl/N-ethyl adjacent to an activating group) is 1. The highest BCUT2D eigenvalue weighted by Gasteiger charge is 2.25. The SMILES string of the molecule is CCNC(C)(C)C(=O)NCCCOCC(C)C. The minimum atomic E-state index is -0.493. The summed E-state index contributed by atoms with van der Waals surface area (Å²) >= 11 is 0. The molecule has 0 aliphatic heterocycles. The summed E-state index contributed by atoms with van der Waals surface area (Å²) in [5, 5.41) is 6.06. The summed E-state index contributed by atoms with van der Waals surface area (Å²) in [6.07, 6.45) is 0.862. The Morgan fingerprint density at radius 2 is 2.00 bits per heavy atom. The summed E-state index contributed by atoms with van der Waals surface area (Å²) in [6, 6.07) is 0. The maximum absolute atomic E-state index is 11.8. The second-order valence-electron chi connectivity index (χ2n) is 5.23. The average Bonchev–Trinajstić information content (AvgIpc) is 2.22. The van der Waals surface area contributed by atoms with Crippen LogP contribution < -0.4 is 10.6 Å². The zero-order valence-electron chi connectivity index (χ0n) is 11.9. The molecule has 0 aromatic carbocycles. The third kappa shape index (κ3) is 8.16. The Hall–Kier alpha value is -0.610. The van der Waals surface area contributed by atoms with E-state index < -0.39 is 5.54 Å². The van der Waals surface area contributed by atoms with Crippen LogP contribution in [-0.2, 0) is 9.53 Å². The van der Waals surface area contributed by atoms with Gasteiger partial charge in [-0.2, -0.15) is 0 Å². The monoisotopic (exact) mass is 244 g/mol. The van der Waals surface area contributed by atoms with Crippen molar-refractivity contribution in [3.8, 4) is 0 Å².